The molecule has 5 nitrogen and oxygen atoms in total. The largest absolute Gasteiger partial charge is 0.330 e. The summed E-state index contributed by atoms with van der Waals surface area (Å²) in [6.45, 7) is 7.60. The molecule has 0 fully saturated rings. The number of nitrogens with zero attached hydrogens (tertiary/aromatic N) is 2. The molecule has 0 bridgehead atoms. The van der Waals surface area contributed by atoms with Crippen molar-refractivity contribution in [1.82, 2.24) is 14.5 Å². The Morgan fingerprint density at radius 2 is 1.89 bits per heavy atom. The van der Waals surface area contributed by atoms with Gasteiger partial charge in [-0.3, -0.25) is 9.36 Å². The van der Waals surface area contributed by atoms with Crippen LogP contribution in [0.2, 0.25) is 0 Å². The molecule has 1 N–H and O–H groups in total. The maximum Gasteiger partial charge on any atom is 0.330 e. The Bertz CT molecular complexity index is 502. The van der Waals surface area contributed by atoms with Gasteiger partial charge in [-0.15, -0.1) is 0 Å². The minimum atomic E-state index is -0.260. The highest BCUT2D eigenvalue weighted by molar-refractivity contribution is 4.85. The van der Waals surface area contributed by atoms with E-state index >= 15 is 0 Å². The lowest BCUT2D eigenvalue weighted by molar-refractivity contribution is 0.434. The SMILES string of the molecule is CC(C)CCC(C)NCCn1c(=O)ccn(C)c1=O. The lowest BCUT2D eigenvalue weighted by atomic mass is 10.0. The molecule has 0 saturated heterocycles. The highest BCUT2D eigenvalue weighted by Crippen LogP contribution is 2.05. The van der Waals surface area contributed by atoms with Crippen molar-refractivity contribution in [2.45, 2.75) is 46.2 Å². The summed E-state index contributed by atoms with van der Waals surface area (Å²) in [5.74, 6) is 0.702. The first-order valence-electron chi connectivity index (χ1n) is 6.91. The minimum Gasteiger partial charge on any atom is -0.312 e. The second-order valence-electron chi connectivity index (χ2n) is 5.53. The first-order valence-corrected chi connectivity index (χ1v) is 6.91. The Balaban J connectivity index is 2.48. The molecule has 0 amide bonds. The van der Waals surface area contributed by atoms with Crippen molar-refractivity contribution in [2.24, 2.45) is 13.0 Å². The van der Waals surface area contributed by atoms with Gasteiger partial charge in [0.15, 0.2) is 0 Å². The van der Waals surface area contributed by atoms with E-state index in [4.69, 9.17) is 0 Å². The summed E-state index contributed by atoms with van der Waals surface area (Å²) in [7, 11) is 1.65. The number of hydrogen-bond donors (Lipinski definition) is 1. The molecule has 0 spiro atoms. The lowest BCUT2D eigenvalue weighted by Gasteiger charge is -2.15. The second kappa shape index (κ2) is 7.28. The molecule has 1 rings (SSSR count). The van der Waals surface area contributed by atoms with Gasteiger partial charge in [0.1, 0.15) is 0 Å². The maximum absolute atomic E-state index is 11.8. The summed E-state index contributed by atoms with van der Waals surface area (Å²) in [6, 6.07) is 1.83. The fourth-order valence-corrected chi connectivity index (χ4v) is 1.93. The van der Waals surface area contributed by atoms with Crippen molar-refractivity contribution in [3.63, 3.8) is 0 Å². The fourth-order valence-electron chi connectivity index (χ4n) is 1.93. The highest BCUT2D eigenvalue weighted by atomic mass is 16.2. The van der Waals surface area contributed by atoms with Crippen LogP contribution in [0.1, 0.15) is 33.6 Å². The predicted molar refractivity (Wildman–Crippen MR) is 77.5 cm³/mol. The molecule has 0 saturated carbocycles. The standard InChI is InChI=1S/C14H25N3O2/c1-11(2)5-6-12(3)15-8-10-17-13(18)7-9-16(4)14(17)19/h7,9,11-12,15H,5-6,8,10H2,1-4H3. The first kappa shape index (κ1) is 15.7. The average molecular weight is 267 g/mol. The quantitative estimate of drug-likeness (QED) is 0.800. The Morgan fingerprint density at radius 1 is 1.21 bits per heavy atom. The van der Waals surface area contributed by atoms with Gasteiger partial charge in [0.05, 0.1) is 0 Å². The van der Waals surface area contributed by atoms with Gasteiger partial charge in [-0.2, -0.15) is 0 Å². The zero-order valence-electron chi connectivity index (χ0n) is 12.3. The summed E-state index contributed by atoms with van der Waals surface area (Å²) >= 11 is 0. The molecule has 1 unspecified atom stereocenters. The van der Waals surface area contributed by atoms with Gasteiger partial charge in [0.2, 0.25) is 0 Å². The third-order valence-electron chi connectivity index (χ3n) is 3.24. The van der Waals surface area contributed by atoms with Crippen molar-refractivity contribution in [1.29, 1.82) is 0 Å². The Kier molecular flexibility index (Phi) is 6.02. The lowest BCUT2D eigenvalue weighted by Crippen LogP contribution is -2.41. The molecule has 5 heteroatoms. The third kappa shape index (κ3) is 5.03. The molecular formula is C14H25N3O2. The summed E-state index contributed by atoms with van der Waals surface area (Å²) in [5, 5.41) is 3.35. The van der Waals surface area contributed by atoms with E-state index in [1.807, 2.05) is 0 Å². The van der Waals surface area contributed by atoms with Gasteiger partial charge in [0, 0.05) is 38.4 Å². The van der Waals surface area contributed by atoms with Crippen LogP contribution in [0.15, 0.2) is 21.9 Å². The van der Waals surface area contributed by atoms with E-state index in [1.54, 1.807) is 7.05 Å². The maximum atomic E-state index is 11.8. The smallest absolute Gasteiger partial charge is 0.312 e. The summed E-state index contributed by atoms with van der Waals surface area (Å²) in [4.78, 5) is 23.4. The molecule has 0 aliphatic heterocycles. The van der Waals surface area contributed by atoms with E-state index in [2.05, 4.69) is 26.1 Å². The van der Waals surface area contributed by atoms with E-state index < -0.39 is 0 Å². The zero-order valence-corrected chi connectivity index (χ0v) is 12.3. The summed E-state index contributed by atoms with van der Waals surface area (Å²) in [5.41, 5.74) is -0.496. The van der Waals surface area contributed by atoms with Crippen LogP contribution in [-0.4, -0.2) is 21.7 Å². The number of hydrogen-bond acceptors (Lipinski definition) is 3. The molecule has 0 aliphatic carbocycles. The monoisotopic (exact) mass is 267 g/mol. The molecule has 1 aromatic rings. The van der Waals surface area contributed by atoms with Crippen molar-refractivity contribution in [2.75, 3.05) is 6.54 Å². The van der Waals surface area contributed by atoms with Crippen molar-refractivity contribution in [3.8, 4) is 0 Å². The molecule has 0 radical (unpaired) electrons. The molecule has 1 heterocycles. The average Bonchev–Trinajstić information content (AvgIpc) is 2.35. The van der Waals surface area contributed by atoms with Gasteiger partial charge >= 0.3 is 5.69 Å². The summed E-state index contributed by atoms with van der Waals surface area (Å²) < 4.78 is 2.69. The number of aryl methyl sites for hydroxylation is 1. The van der Waals surface area contributed by atoms with Crippen LogP contribution in [0.25, 0.3) is 0 Å². The topological polar surface area (TPSA) is 56.0 Å². The normalized spacial score (nSPS) is 12.9. The van der Waals surface area contributed by atoms with Gasteiger partial charge in [-0.1, -0.05) is 13.8 Å². The van der Waals surface area contributed by atoms with Crippen LogP contribution < -0.4 is 16.6 Å². The van der Waals surface area contributed by atoms with E-state index in [1.165, 1.54) is 27.8 Å². The molecule has 108 valence electrons. The van der Waals surface area contributed by atoms with Crippen LogP contribution in [-0.2, 0) is 13.6 Å². The van der Waals surface area contributed by atoms with Crippen LogP contribution in [0, 0.1) is 5.92 Å². The Morgan fingerprint density at radius 3 is 2.53 bits per heavy atom. The molecule has 19 heavy (non-hydrogen) atoms. The number of aromatic nitrogens is 2. The predicted octanol–water partition coefficient (Wildman–Crippen LogP) is 0.961. The summed E-state index contributed by atoms with van der Waals surface area (Å²) in [6.07, 6.45) is 3.79. The van der Waals surface area contributed by atoms with E-state index in [-0.39, 0.29) is 11.2 Å². The van der Waals surface area contributed by atoms with Crippen molar-refractivity contribution >= 4 is 0 Å². The van der Waals surface area contributed by atoms with Crippen LogP contribution in [0.5, 0.6) is 0 Å². The van der Waals surface area contributed by atoms with Gasteiger partial charge in [0.25, 0.3) is 5.56 Å². The van der Waals surface area contributed by atoms with Crippen LogP contribution >= 0.6 is 0 Å². The first-order chi connectivity index (χ1) is 8.91. The fraction of sp³-hybridized carbons (Fsp3) is 0.714. The Labute approximate surface area is 114 Å². The van der Waals surface area contributed by atoms with Crippen LogP contribution in [0.4, 0.5) is 0 Å². The zero-order chi connectivity index (χ0) is 14.4. The van der Waals surface area contributed by atoms with Crippen molar-refractivity contribution in [3.05, 3.63) is 33.1 Å². The molecule has 1 aromatic heterocycles. The number of rotatable bonds is 7. The minimum absolute atomic E-state index is 0.236. The van der Waals surface area contributed by atoms with E-state index in [0.29, 0.717) is 25.0 Å². The van der Waals surface area contributed by atoms with E-state index in [9.17, 15) is 9.59 Å². The van der Waals surface area contributed by atoms with E-state index in [0.717, 1.165) is 6.42 Å². The Hall–Kier alpha value is -1.36. The van der Waals surface area contributed by atoms with Gasteiger partial charge < -0.3 is 9.88 Å². The number of nitrogens with one attached hydrogen (secondary N) is 1. The van der Waals surface area contributed by atoms with Gasteiger partial charge in [-0.05, 0) is 25.7 Å². The van der Waals surface area contributed by atoms with Crippen molar-refractivity contribution < 1.29 is 0 Å². The second-order valence-corrected chi connectivity index (χ2v) is 5.53. The van der Waals surface area contributed by atoms with Gasteiger partial charge in [-0.25, -0.2) is 4.79 Å². The molecule has 1 atom stereocenters. The van der Waals surface area contributed by atoms with Crippen LogP contribution in [0.3, 0.4) is 0 Å². The molecule has 0 aromatic carbocycles. The molecular weight excluding hydrogens is 242 g/mol. The third-order valence-corrected chi connectivity index (χ3v) is 3.24. The molecule has 0 aliphatic rings. The highest BCUT2D eigenvalue weighted by Gasteiger charge is 2.05.